The van der Waals surface area contributed by atoms with Gasteiger partial charge in [-0.05, 0) is 58.2 Å². The second-order valence-corrected chi connectivity index (χ2v) is 7.94. The number of aromatic nitrogens is 1. The Morgan fingerprint density at radius 3 is 2.52 bits per heavy atom. The number of carbonyl (C=O) groups excluding carboxylic acids is 2. The van der Waals surface area contributed by atoms with Crippen LogP contribution in [0.25, 0.3) is 10.9 Å². The van der Waals surface area contributed by atoms with Crippen LogP contribution < -0.4 is 45.4 Å². The van der Waals surface area contributed by atoms with Crippen molar-refractivity contribution in [2.45, 2.75) is 52.7 Å². The van der Waals surface area contributed by atoms with E-state index in [2.05, 4.69) is 5.32 Å². The summed E-state index contributed by atoms with van der Waals surface area (Å²) in [6, 6.07) is 5.50. The molecule has 0 aliphatic rings. The molecule has 2 aromatic rings. The standard InChI is InChI=1S/C22H30N2O6.Na/c1-5-24-14-17(20(26)27)19(25)16-13-15(8-9-18(16)24)7-6-11-29-12-10-23-21(28)30-22(2,3)4;/h8-9,13-14H,5-7,10-12H2,1-4H3,(H,23,28)(H,26,27);/q;+1/p-1. The number of benzene rings is 1. The topological polar surface area (TPSA) is 110 Å². The minimum Gasteiger partial charge on any atom is -0.545 e. The number of aryl methyl sites for hydroxylation is 2. The summed E-state index contributed by atoms with van der Waals surface area (Å²) < 4.78 is 12.4. The molecular weight excluding hydrogens is 411 g/mol. The minimum absolute atomic E-state index is 0. The summed E-state index contributed by atoms with van der Waals surface area (Å²) >= 11 is 0. The molecule has 2 rings (SSSR count). The Balaban J connectivity index is 0.00000480. The molecular formula is C22H29N2NaO6. The van der Waals surface area contributed by atoms with Gasteiger partial charge < -0.3 is 29.3 Å². The van der Waals surface area contributed by atoms with E-state index in [9.17, 15) is 19.5 Å². The smallest absolute Gasteiger partial charge is 0.545 e. The van der Waals surface area contributed by atoms with E-state index in [1.807, 2.05) is 19.1 Å². The number of rotatable bonds is 9. The van der Waals surface area contributed by atoms with E-state index in [-0.39, 0.29) is 35.1 Å². The molecule has 31 heavy (non-hydrogen) atoms. The van der Waals surface area contributed by atoms with Gasteiger partial charge in [0.15, 0.2) is 5.43 Å². The van der Waals surface area contributed by atoms with Crippen molar-refractivity contribution in [2.75, 3.05) is 19.8 Å². The van der Waals surface area contributed by atoms with E-state index in [1.165, 1.54) is 6.20 Å². The first kappa shape index (κ1) is 27.2. The normalized spacial score (nSPS) is 11.1. The van der Waals surface area contributed by atoms with Crippen LogP contribution in [0.2, 0.25) is 0 Å². The van der Waals surface area contributed by atoms with E-state index in [4.69, 9.17) is 9.47 Å². The maximum Gasteiger partial charge on any atom is 1.00 e. The predicted molar refractivity (Wildman–Crippen MR) is 112 cm³/mol. The molecule has 0 atom stereocenters. The molecule has 0 saturated carbocycles. The quantitative estimate of drug-likeness (QED) is 0.390. The van der Waals surface area contributed by atoms with Crippen molar-refractivity contribution in [2.24, 2.45) is 0 Å². The van der Waals surface area contributed by atoms with Crippen molar-refractivity contribution in [3.05, 3.63) is 45.7 Å². The van der Waals surface area contributed by atoms with Gasteiger partial charge in [0.2, 0.25) is 0 Å². The molecule has 0 saturated heterocycles. The van der Waals surface area contributed by atoms with Gasteiger partial charge in [-0.25, -0.2) is 4.79 Å². The van der Waals surface area contributed by atoms with Crippen LogP contribution in [0.4, 0.5) is 4.79 Å². The van der Waals surface area contributed by atoms with Gasteiger partial charge in [-0.2, -0.15) is 0 Å². The number of pyridine rings is 1. The van der Waals surface area contributed by atoms with Gasteiger partial charge in [-0.3, -0.25) is 4.79 Å². The average Bonchev–Trinajstić information content (AvgIpc) is 2.66. The molecule has 0 bridgehead atoms. The fraction of sp³-hybridized carbons (Fsp3) is 0.500. The number of nitrogens with one attached hydrogen (secondary N) is 1. The largest absolute Gasteiger partial charge is 1.00 e. The number of nitrogens with zero attached hydrogens (tertiary/aromatic N) is 1. The van der Waals surface area contributed by atoms with E-state index in [0.717, 1.165) is 12.0 Å². The van der Waals surface area contributed by atoms with Crippen LogP contribution in [0, 0.1) is 0 Å². The number of carboxylic acids is 1. The van der Waals surface area contributed by atoms with Crippen molar-refractivity contribution in [3.8, 4) is 0 Å². The van der Waals surface area contributed by atoms with Crippen LogP contribution in [0.15, 0.2) is 29.2 Å². The van der Waals surface area contributed by atoms with E-state index in [1.54, 1.807) is 31.4 Å². The molecule has 1 aromatic carbocycles. The molecule has 0 aliphatic carbocycles. The Kier molecular flexibility index (Phi) is 10.7. The summed E-state index contributed by atoms with van der Waals surface area (Å²) in [5.41, 5.74) is 0.227. The molecule has 0 unspecified atom stereocenters. The first-order valence-corrected chi connectivity index (χ1v) is 10.0. The zero-order valence-electron chi connectivity index (χ0n) is 18.9. The third-order valence-corrected chi connectivity index (χ3v) is 4.37. The summed E-state index contributed by atoms with van der Waals surface area (Å²) in [7, 11) is 0. The van der Waals surface area contributed by atoms with Gasteiger partial charge in [0.1, 0.15) is 5.60 Å². The first-order valence-electron chi connectivity index (χ1n) is 10.0. The SMILES string of the molecule is CCn1cc(C(=O)[O-])c(=O)c2cc(CCCOCCNC(=O)OC(C)(C)C)ccc21.[Na+]. The molecule has 0 fully saturated rings. The number of carbonyl (C=O) groups is 2. The number of hydrogen-bond donors (Lipinski definition) is 1. The zero-order chi connectivity index (χ0) is 22.3. The number of ether oxygens (including phenoxy) is 2. The Bertz CT molecular complexity index is 965. The maximum absolute atomic E-state index is 12.5. The summed E-state index contributed by atoms with van der Waals surface area (Å²) in [4.78, 5) is 35.2. The van der Waals surface area contributed by atoms with Crippen LogP contribution >= 0.6 is 0 Å². The number of alkyl carbamates (subject to hydrolysis) is 1. The Morgan fingerprint density at radius 1 is 1.19 bits per heavy atom. The Hall–Kier alpha value is -1.87. The maximum atomic E-state index is 12.5. The van der Waals surface area contributed by atoms with Crippen molar-refractivity contribution in [1.82, 2.24) is 9.88 Å². The van der Waals surface area contributed by atoms with E-state index >= 15 is 0 Å². The number of aromatic carboxylic acids is 1. The third-order valence-electron chi connectivity index (χ3n) is 4.37. The van der Waals surface area contributed by atoms with Crippen molar-refractivity contribution < 1.29 is 53.7 Å². The molecule has 0 aliphatic heterocycles. The number of fused-ring (bicyclic) bond motifs is 1. The molecule has 1 amide bonds. The van der Waals surface area contributed by atoms with Gasteiger partial charge in [-0.15, -0.1) is 0 Å². The van der Waals surface area contributed by atoms with Crippen LogP contribution in [0.3, 0.4) is 0 Å². The Labute approximate surface area is 204 Å². The minimum atomic E-state index is -1.47. The van der Waals surface area contributed by atoms with Crippen LogP contribution in [-0.4, -0.2) is 42.0 Å². The fourth-order valence-corrected chi connectivity index (χ4v) is 3.03. The first-order chi connectivity index (χ1) is 14.1. The molecule has 1 aromatic heterocycles. The van der Waals surface area contributed by atoms with Crippen molar-refractivity contribution in [3.63, 3.8) is 0 Å². The second kappa shape index (κ2) is 12.2. The zero-order valence-corrected chi connectivity index (χ0v) is 20.9. The molecule has 0 spiro atoms. The number of amides is 1. The monoisotopic (exact) mass is 440 g/mol. The van der Waals surface area contributed by atoms with Crippen LogP contribution in [0.1, 0.15) is 50.0 Å². The molecule has 0 radical (unpaired) electrons. The molecule has 164 valence electrons. The summed E-state index contributed by atoms with van der Waals surface area (Å²) in [6.45, 7) is 9.03. The van der Waals surface area contributed by atoms with Gasteiger partial charge >= 0.3 is 35.7 Å². The number of hydrogen-bond acceptors (Lipinski definition) is 6. The predicted octanol–water partition coefficient (Wildman–Crippen LogP) is -1.14. The molecule has 9 heteroatoms. The average molecular weight is 440 g/mol. The fourth-order valence-electron chi connectivity index (χ4n) is 3.03. The van der Waals surface area contributed by atoms with Gasteiger partial charge in [0, 0.05) is 31.3 Å². The van der Waals surface area contributed by atoms with E-state index < -0.39 is 23.1 Å². The number of carboxylic acid groups (broad SMARTS) is 1. The van der Waals surface area contributed by atoms with Gasteiger partial charge in [0.25, 0.3) is 0 Å². The van der Waals surface area contributed by atoms with Crippen LogP contribution in [-0.2, 0) is 22.4 Å². The van der Waals surface area contributed by atoms with Gasteiger partial charge in [-0.1, -0.05) is 6.07 Å². The Morgan fingerprint density at radius 2 is 1.90 bits per heavy atom. The summed E-state index contributed by atoms with van der Waals surface area (Å²) in [5, 5.41) is 14.2. The summed E-state index contributed by atoms with van der Waals surface area (Å²) in [6.07, 6.45) is 2.26. The van der Waals surface area contributed by atoms with Gasteiger partial charge in [0.05, 0.1) is 23.7 Å². The van der Waals surface area contributed by atoms with Crippen LogP contribution in [0.5, 0.6) is 0 Å². The van der Waals surface area contributed by atoms with E-state index in [0.29, 0.717) is 43.6 Å². The molecule has 8 nitrogen and oxygen atoms in total. The van der Waals surface area contributed by atoms with Crippen molar-refractivity contribution in [1.29, 1.82) is 0 Å². The second-order valence-electron chi connectivity index (χ2n) is 7.94. The third kappa shape index (κ3) is 8.29. The molecule has 1 N–H and O–H groups in total. The molecule has 1 heterocycles. The van der Waals surface area contributed by atoms with Crippen molar-refractivity contribution >= 4 is 23.0 Å². The summed E-state index contributed by atoms with van der Waals surface area (Å²) in [5.74, 6) is -1.47.